The average Bonchev–Trinajstić information content (AvgIpc) is 2.92. The molecule has 5 heteroatoms. The van der Waals surface area contributed by atoms with Gasteiger partial charge in [-0.15, -0.1) is 11.3 Å². The predicted octanol–water partition coefficient (Wildman–Crippen LogP) is 3.25. The minimum absolute atomic E-state index is 0.674. The summed E-state index contributed by atoms with van der Waals surface area (Å²) in [5.74, 6) is 1.84. The van der Waals surface area contributed by atoms with Crippen LogP contribution in [0.4, 0.5) is 0 Å². The lowest BCUT2D eigenvalue weighted by atomic mass is 10.1. The van der Waals surface area contributed by atoms with E-state index in [1.165, 1.54) is 20.2 Å². The Hall–Kier alpha value is -1.82. The first-order valence-electron chi connectivity index (χ1n) is 7.83. The molecule has 0 aliphatic carbocycles. The molecule has 0 aliphatic rings. The van der Waals surface area contributed by atoms with E-state index in [1.807, 2.05) is 26.2 Å². The van der Waals surface area contributed by atoms with Crippen LogP contribution in [0.25, 0.3) is 20.2 Å². The van der Waals surface area contributed by atoms with Gasteiger partial charge < -0.3 is 20.1 Å². The second kappa shape index (κ2) is 7.64. The van der Waals surface area contributed by atoms with Gasteiger partial charge in [-0.25, -0.2) is 0 Å². The second-order valence-corrected chi connectivity index (χ2v) is 6.41. The van der Waals surface area contributed by atoms with E-state index in [-0.39, 0.29) is 0 Å². The predicted molar refractivity (Wildman–Crippen MR) is 98.2 cm³/mol. The van der Waals surface area contributed by atoms with Crippen molar-refractivity contribution < 1.29 is 9.47 Å². The van der Waals surface area contributed by atoms with Gasteiger partial charge in [0.15, 0.2) is 0 Å². The molecule has 3 rings (SSSR count). The largest absolute Gasteiger partial charge is 0.492 e. The highest BCUT2D eigenvalue weighted by Gasteiger charge is 2.08. The summed E-state index contributed by atoms with van der Waals surface area (Å²) in [6, 6.07) is 12.6. The maximum Gasteiger partial charge on any atom is 0.120 e. The summed E-state index contributed by atoms with van der Waals surface area (Å²) in [5.41, 5.74) is 0. The van der Waals surface area contributed by atoms with Gasteiger partial charge in [-0.3, -0.25) is 0 Å². The third-order valence-electron chi connectivity index (χ3n) is 3.66. The normalized spacial score (nSPS) is 11.2. The van der Waals surface area contributed by atoms with Crippen molar-refractivity contribution in [2.75, 3.05) is 40.4 Å². The maximum atomic E-state index is 5.77. The number of rotatable bonds is 8. The summed E-state index contributed by atoms with van der Waals surface area (Å²) in [7, 11) is 3.85. The first-order valence-corrected chi connectivity index (χ1v) is 8.64. The molecular formula is C18H22N2O2S. The SMILES string of the molecule is CNCCOc1ccc2c(c1)sc1ccc(OCCNC)cc12. The van der Waals surface area contributed by atoms with E-state index >= 15 is 0 Å². The number of likely N-dealkylation sites (N-methyl/N-ethyl adjacent to an activating group) is 2. The number of hydrogen-bond acceptors (Lipinski definition) is 5. The van der Waals surface area contributed by atoms with Crippen molar-refractivity contribution in [3.63, 3.8) is 0 Å². The first-order chi connectivity index (χ1) is 11.3. The van der Waals surface area contributed by atoms with Crippen LogP contribution in [0.5, 0.6) is 11.5 Å². The van der Waals surface area contributed by atoms with E-state index in [1.54, 1.807) is 11.3 Å². The molecule has 4 nitrogen and oxygen atoms in total. The van der Waals surface area contributed by atoms with Crippen molar-refractivity contribution in [1.82, 2.24) is 10.6 Å². The molecule has 0 fully saturated rings. The minimum Gasteiger partial charge on any atom is -0.492 e. The van der Waals surface area contributed by atoms with E-state index in [0.717, 1.165) is 24.6 Å². The third-order valence-corrected chi connectivity index (χ3v) is 4.79. The minimum atomic E-state index is 0.674. The molecule has 0 spiro atoms. The van der Waals surface area contributed by atoms with Gasteiger partial charge in [-0.2, -0.15) is 0 Å². The van der Waals surface area contributed by atoms with Gasteiger partial charge in [0.1, 0.15) is 24.7 Å². The van der Waals surface area contributed by atoms with Gasteiger partial charge >= 0.3 is 0 Å². The quantitative estimate of drug-likeness (QED) is 0.622. The summed E-state index contributed by atoms with van der Waals surface area (Å²) in [6.07, 6.45) is 0. The number of thiophene rings is 1. The first kappa shape index (κ1) is 16.1. The summed E-state index contributed by atoms with van der Waals surface area (Å²) >= 11 is 1.79. The number of nitrogens with one attached hydrogen (secondary N) is 2. The van der Waals surface area contributed by atoms with E-state index in [9.17, 15) is 0 Å². The molecule has 0 radical (unpaired) electrons. The summed E-state index contributed by atoms with van der Waals surface area (Å²) in [6.45, 7) is 3.04. The molecule has 0 atom stereocenters. The summed E-state index contributed by atoms with van der Waals surface area (Å²) in [4.78, 5) is 0. The highest BCUT2D eigenvalue weighted by Crippen LogP contribution is 2.37. The lowest BCUT2D eigenvalue weighted by molar-refractivity contribution is 0.319. The van der Waals surface area contributed by atoms with Crippen molar-refractivity contribution in [3.05, 3.63) is 36.4 Å². The number of ether oxygens (including phenoxy) is 2. The van der Waals surface area contributed by atoms with Crippen LogP contribution in [0.15, 0.2) is 36.4 Å². The number of benzene rings is 2. The monoisotopic (exact) mass is 330 g/mol. The van der Waals surface area contributed by atoms with Crippen LogP contribution in [0, 0.1) is 0 Å². The van der Waals surface area contributed by atoms with Crippen LogP contribution in [-0.2, 0) is 0 Å². The van der Waals surface area contributed by atoms with E-state index in [4.69, 9.17) is 9.47 Å². The lowest BCUT2D eigenvalue weighted by Crippen LogP contribution is -2.15. The van der Waals surface area contributed by atoms with Crippen molar-refractivity contribution in [3.8, 4) is 11.5 Å². The molecule has 3 aromatic rings. The molecule has 1 aromatic heterocycles. The molecule has 0 saturated heterocycles. The standard InChI is InChI=1S/C18H22N2O2S/c1-19-7-9-21-13-4-6-17-16(11-13)15-5-3-14(12-18(15)23-17)22-10-8-20-2/h3-6,11-12,19-20H,7-10H2,1-2H3. The molecule has 2 N–H and O–H groups in total. The molecule has 23 heavy (non-hydrogen) atoms. The second-order valence-electron chi connectivity index (χ2n) is 5.32. The van der Waals surface area contributed by atoms with Gasteiger partial charge in [0.05, 0.1) is 0 Å². The van der Waals surface area contributed by atoms with Crippen LogP contribution in [0.1, 0.15) is 0 Å². The summed E-state index contributed by atoms with van der Waals surface area (Å²) < 4.78 is 14.0. The Morgan fingerprint density at radius 3 is 2.13 bits per heavy atom. The van der Waals surface area contributed by atoms with Crippen molar-refractivity contribution >= 4 is 31.5 Å². The fraction of sp³-hybridized carbons (Fsp3) is 0.333. The molecule has 0 saturated carbocycles. The fourth-order valence-corrected chi connectivity index (χ4v) is 3.57. The van der Waals surface area contributed by atoms with Crippen LogP contribution < -0.4 is 20.1 Å². The molecule has 1 heterocycles. The average molecular weight is 330 g/mol. The van der Waals surface area contributed by atoms with Crippen LogP contribution in [-0.4, -0.2) is 40.4 Å². The van der Waals surface area contributed by atoms with Gasteiger partial charge in [-0.1, -0.05) is 0 Å². The van der Waals surface area contributed by atoms with Crippen LogP contribution >= 0.6 is 11.3 Å². The Kier molecular flexibility index (Phi) is 5.33. The molecule has 0 bridgehead atoms. The van der Waals surface area contributed by atoms with Crippen molar-refractivity contribution in [2.24, 2.45) is 0 Å². The number of fused-ring (bicyclic) bond motifs is 3. The zero-order chi connectivity index (χ0) is 16.1. The molecule has 122 valence electrons. The smallest absolute Gasteiger partial charge is 0.120 e. The molecule has 2 aromatic carbocycles. The molecule has 0 aliphatic heterocycles. The van der Waals surface area contributed by atoms with E-state index in [0.29, 0.717) is 13.2 Å². The Morgan fingerprint density at radius 2 is 1.43 bits per heavy atom. The Morgan fingerprint density at radius 1 is 0.783 bits per heavy atom. The van der Waals surface area contributed by atoms with Gasteiger partial charge in [0.25, 0.3) is 0 Å². The van der Waals surface area contributed by atoms with Gasteiger partial charge in [-0.05, 0) is 50.5 Å². The zero-order valence-corrected chi connectivity index (χ0v) is 14.3. The molecule has 0 amide bonds. The van der Waals surface area contributed by atoms with Crippen LogP contribution in [0.2, 0.25) is 0 Å². The Labute approximate surface area is 140 Å². The summed E-state index contributed by atoms with van der Waals surface area (Å²) in [5, 5.41) is 8.67. The highest BCUT2D eigenvalue weighted by atomic mass is 32.1. The zero-order valence-electron chi connectivity index (χ0n) is 13.5. The van der Waals surface area contributed by atoms with Gasteiger partial charge in [0.2, 0.25) is 0 Å². The number of hydrogen-bond donors (Lipinski definition) is 2. The van der Waals surface area contributed by atoms with Gasteiger partial charge in [0, 0.05) is 33.3 Å². The topological polar surface area (TPSA) is 42.5 Å². The van der Waals surface area contributed by atoms with E-state index < -0.39 is 0 Å². The maximum absolute atomic E-state index is 5.77. The molecule has 0 unspecified atom stereocenters. The fourth-order valence-electron chi connectivity index (χ4n) is 2.46. The third kappa shape index (κ3) is 3.75. The highest BCUT2D eigenvalue weighted by molar-refractivity contribution is 7.25. The van der Waals surface area contributed by atoms with Crippen LogP contribution in [0.3, 0.4) is 0 Å². The lowest BCUT2D eigenvalue weighted by Gasteiger charge is -2.06. The van der Waals surface area contributed by atoms with Crippen molar-refractivity contribution in [1.29, 1.82) is 0 Å². The Bertz CT molecular complexity index is 785. The van der Waals surface area contributed by atoms with E-state index in [2.05, 4.69) is 34.9 Å². The van der Waals surface area contributed by atoms with Crippen molar-refractivity contribution in [2.45, 2.75) is 0 Å². The molecular weight excluding hydrogens is 308 g/mol. The Balaban J connectivity index is 1.86.